The van der Waals surface area contributed by atoms with Gasteiger partial charge in [0.2, 0.25) is 0 Å². The van der Waals surface area contributed by atoms with E-state index in [9.17, 15) is 0 Å². The molecular formula is C11H17ClN2O. The minimum absolute atomic E-state index is 0.593. The number of hydrogen-bond donors (Lipinski definition) is 0. The Bertz CT molecular complexity index is 294. The number of anilines is 1. The van der Waals surface area contributed by atoms with Gasteiger partial charge in [0.15, 0.2) is 11.6 Å². The summed E-state index contributed by atoms with van der Waals surface area (Å²) in [5.74, 6) is 2.30. The van der Waals surface area contributed by atoms with Gasteiger partial charge in [-0.3, -0.25) is 0 Å². The third-order valence-electron chi connectivity index (χ3n) is 2.09. The fourth-order valence-electron chi connectivity index (χ4n) is 1.40. The van der Waals surface area contributed by atoms with Crippen molar-refractivity contribution in [3.63, 3.8) is 0 Å². The van der Waals surface area contributed by atoms with Crippen molar-refractivity contribution in [3.05, 3.63) is 18.3 Å². The van der Waals surface area contributed by atoms with E-state index in [0.29, 0.717) is 12.5 Å². The molecule has 0 saturated carbocycles. The predicted octanol–water partition coefficient (Wildman–Crippen LogP) is 2.55. The molecule has 1 aromatic rings. The maximum atomic E-state index is 5.74. The highest BCUT2D eigenvalue weighted by Gasteiger charge is 2.10. The molecule has 0 bridgehead atoms. The molecule has 15 heavy (non-hydrogen) atoms. The molecule has 0 aliphatic rings. The Morgan fingerprint density at radius 3 is 2.87 bits per heavy atom. The van der Waals surface area contributed by atoms with Crippen molar-refractivity contribution < 1.29 is 4.74 Å². The maximum Gasteiger partial charge on any atom is 0.171 e. The third-order valence-corrected chi connectivity index (χ3v) is 2.26. The highest BCUT2D eigenvalue weighted by atomic mass is 35.5. The SMILES string of the molecule is CCOc1cccnc1N(CC)CCCl. The van der Waals surface area contributed by atoms with Crippen LogP contribution in [0.25, 0.3) is 0 Å². The van der Waals surface area contributed by atoms with Crippen LogP contribution in [0.4, 0.5) is 5.82 Å². The van der Waals surface area contributed by atoms with Crippen LogP contribution in [0.1, 0.15) is 13.8 Å². The van der Waals surface area contributed by atoms with Crippen molar-refractivity contribution in [2.45, 2.75) is 13.8 Å². The number of pyridine rings is 1. The lowest BCUT2D eigenvalue weighted by molar-refractivity contribution is 0.339. The Morgan fingerprint density at radius 1 is 1.47 bits per heavy atom. The normalized spacial score (nSPS) is 10.1. The standard InChI is InChI=1S/C11H17ClN2O/c1-3-14(9-7-12)11-10(15-4-2)6-5-8-13-11/h5-6,8H,3-4,7,9H2,1-2H3. The molecule has 1 aromatic heterocycles. The molecule has 0 aromatic carbocycles. The van der Waals surface area contributed by atoms with E-state index in [1.807, 2.05) is 19.1 Å². The average Bonchev–Trinajstić information content (AvgIpc) is 2.27. The van der Waals surface area contributed by atoms with Gasteiger partial charge < -0.3 is 9.64 Å². The first-order chi connectivity index (χ1) is 7.33. The number of hydrogen-bond acceptors (Lipinski definition) is 3. The Labute approximate surface area is 96.0 Å². The van der Waals surface area contributed by atoms with Gasteiger partial charge in [-0.1, -0.05) is 0 Å². The van der Waals surface area contributed by atoms with Crippen LogP contribution in [-0.4, -0.2) is 30.6 Å². The zero-order chi connectivity index (χ0) is 11.1. The van der Waals surface area contributed by atoms with Crippen molar-refractivity contribution in [2.24, 2.45) is 0 Å². The van der Waals surface area contributed by atoms with Gasteiger partial charge in [0.25, 0.3) is 0 Å². The van der Waals surface area contributed by atoms with Crippen LogP contribution < -0.4 is 9.64 Å². The van der Waals surface area contributed by atoms with E-state index in [1.165, 1.54) is 0 Å². The van der Waals surface area contributed by atoms with Crippen LogP contribution in [0, 0.1) is 0 Å². The first-order valence-corrected chi connectivity index (χ1v) is 5.75. The average molecular weight is 229 g/mol. The molecule has 0 amide bonds. The summed E-state index contributed by atoms with van der Waals surface area (Å²) in [6.45, 7) is 6.36. The van der Waals surface area contributed by atoms with Gasteiger partial charge in [-0.05, 0) is 26.0 Å². The second-order valence-electron chi connectivity index (χ2n) is 3.03. The fraction of sp³-hybridized carbons (Fsp3) is 0.545. The largest absolute Gasteiger partial charge is 0.490 e. The number of rotatable bonds is 6. The van der Waals surface area contributed by atoms with Crippen molar-refractivity contribution in [1.82, 2.24) is 4.98 Å². The van der Waals surface area contributed by atoms with Gasteiger partial charge in [-0.2, -0.15) is 0 Å². The molecule has 0 fully saturated rings. The first kappa shape index (κ1) is 12.1. The lowest BCUT2D eigenvalue weighted by Crippen LogP contribution is -2.26. The number of aromatic nitrogens is 1. The van der Waals surface area contributed by atoms with Crippen molar-refractivity contribution in [1.29, 1.82) is 0 Å². The summed E-state index contributed by atoms with van der Waals surface area (Å²) in [5.41, 5.74) is 0. The molecule has 0 radical (unpaired) electrons. The summed E-state index contributed by atoms with van der Waals surface area (Å²) in [5, 5.41) is 0. The molecule has 0 saturated heterocycles. The summed E-state index contributed by atoms with van der Waals surface area (Å²) < 4.78 is 5.52. The highest BCUT2D eigenvalue weighted by Crippen LogP contribution is 2.24. The summed E-state index contributed by atoms with van der Waals surface area (Å²) in [6, 6.07) is 3.81. The van der Waals surface area contributed by atoms with Gasteiger partial charge in [-0.15, -0.1) is 11.6 Å². The molecule has 1 rings (SSSR count). The summed E-state index contributed by atoms with van der Waals surface area (Å²) in [7, 11) is 0. The van der Waals surface area contributed by atoms with Gasteiger partial charge in [0.1, 0.15) is 0 Å². The topological polar surface area (TPSA) is 25.4 Å². The molecule has 0 atom stereocenters. The van der Waals surface area contributed by atoms with Crippen LogP contribution in [0.5, 0.6) is 5.75 Å². The third kappa shape index (κ3) is 3.27. The molecule has 3 nitrogen and oxygen atoms in total. The smallest absolute Gasteiger partial charge is 0.171 e. The maximum absolute atomic E-state index is 5.74. The second-order valence-corrected chi connectivity index (χ2v) is 3.40. The van der Waals surface area contributed by atoms with Gasteiger partial charge in [0.05, 0.1) is 6.61 Å². The minimum atomic E-state index is 0.593. The van der Waals surface area contributed by atoms with Gasteiger partial charge >= 0.3 is 0 Å². The molecule has 0 aliphatic heterocycles. The van der Waals surface area contributed by atoms with Crippen molar-refractivity contribution in [3.8, 4) is 5.75 Å². The zero-order valence-electron chi connectivity index (χ0n) is 9.24. The quantitative estimate of drug-likeness (QED) is 0.700. The monoisotopic (exact) mass is 228 g/mol. The molecule has 0 spiro atoms. The Morgan fingerprint density at radius 2 is 2.27 bits per heavy atom. The number of halogens is 1. The van der Waals surface area contributed by atoms with Crippen LogP contribution in [-0.2, 0) is 0 Å². The van der Waals surface area contributed by atoms with E-state index in [-0.39, 0.29) is 0 Å². The molecule has 0 aliphatic carbocycles. The summed E-state index contributed by atoms with van der Waals surface area (Å²) in [6.07, 6.45) is 1.77. The predicted molar refractivity (Wildman–Crippen MR) is 64.0 cm³/mol. The summed E-state index contributed by atoms with van der Waals surface area (Å²) in [4.78, 5) is 6.44. The zero-order valence-corrected chi connectivity index (χ0v) is 10.00. The van der Waals surface area contributed by atoms with E-state index in [2.05, 4.69) is 16.8 Å². The fourth-order valence-corrected chi connectivity index (χ4v) is 1.61. The lowest BCUT2D eigenvalue weighted by atomic mass is 10.3. The van der Waals surface area contributed by atoms with Gasteiger partial charge in [-0.25, -0.2) is 4.98 Å². The van der Waals surface area contributed by atoms with E-state index in [1.54, 1.807) is 6.20 Å². The Hall–Kier alpha value is -0.960. The van der Waals surface area contributed by atoms with E-state index in [0.717, 1.165) is 24.7 Å². The van der Waals surface area contributed by atoms with E-state index in [4.69, 9.17) is 16.3 Å². The molecule has 4 heteroatoms. The van der Waals surface area contributed by atoms with Crippen molar-refractivity contribution in [2.75, 3.05) is 30.5 Å². The highest BCUT2D eigenvalue weighted by molar-refractivity contribution is 6.18. The second kappa shape index (κ2) is 6.51. The van der Waals surface area contributed by atoms with Crippen LogP contribution >= 0.6 is 11.6 Å². The molecule has 1 heterocycles. The number of nitrogens with zero attached hydrogens (tertiary/aromatic N) is 2. The van der Waals surface area contributed by atoms with E-state index < -0.39 is 0 Å². The van der Waals surface area contributed by atoms with E-state index >= 15 is 0 Å². The molecular weight excluding hydrogens is 212 g/mol. The first-order valence-electron chi connectivity index (χ1n) is 5.22. The minimum Gasteiger partial charge on any atom is -0.490 e. The van der Waals surface area contributed by atoms with Crippen molar-refractivity contribution >= 4 is 17.4 Å². The lowest BCUT2D eigenvalue weighted by Gasteiger charge is -2.22. The molecule has 84 valence electrons. The molecule has 0 N–H and O–H groups in total. The van der Waals surface area contributed by atoms with Crippen LogP contribution in [0.2, 0.25) is 0 Å². The van der Waals surface area contributed by atoms with Crippen LogP contribution in [0.3, 0.4) is 0 Å². The molecule has 0 unspecified atom stereocenters. The van der Waals surface area contributed by atoms with Gasteiger partial charge in [0, 0.05) is 25.2 Å². The number of alkyl halides is 1. The Kier molecular flexibility index (Phi) is 5.26. The Balaban J connectivity index is 2.88. The van der Waals surface area contributed by atoms with Crippen LogP contribution in [0.15, 0.2) is 18.3 Å². The number of ether oxygens (including phenoxy) is 1. The summed E-state index contributed by atoms with van der Waals surface area (Å²) >= 11 is 5.74.